The van der Waals surface area contributed by atoms with Gasteiger partial charge in [-0.25, -0.2) is 9.56 Å². The zero-order chi connectivity index (χ0) is 17.7. The Balaban J connectivity index is 1.99. The monoisotopic (exact) mass is 390 g/mol. The molecule has 1 aromatic heterocycles. The second-order valence-corrected chi connectivity index (χ2v) is 7.04. The molecule has 3 aromatic rings. The van der Waals surface area contributed by atoms with Gasteiger partial charge in [-0.2, -0.15) is 0 Å². The van der Waals surface area contributed by atoms with Crippen molar-refractivity contribution in [3.63, 3.8) is 0 Å². The molecule has 0 aliphatic carbocycles. The smallest absolute Gasteiger partial charge is 0.315 e. The van der Waals surface area contributed by atoms with Gasteiger partial charge in [-0.05, 0) is 24.3 Å². The largest absolute Gasteiger partial charge is 0.493 e. The van der Waals surface area contributed by atoms with Gasteiger partial charge in [0.1, 0.15) is 4.88 Å². The average Bonchev–Trinajstić information content (AvgIpc) is 3.05. The lowest BCUT2D eigenvalue weighted by Gasteiger charge is -2.05. The maximum atomic E-state index is 12.4. The number of carbonyl (C=O) groups excluding carboxylic acids is 1. The van der Waals surface area contributed by atoms with Gasteiger partial charge in [0, 0.05) is 5.22 Å². The van der Waals surface area contributed by atoms with Crippen LogP contribution in [0.15, 0.2) is 52.3 Å². The Bertz CT molecular complexity index is 1230. The van der Waals surface area contributed by atoms with Crippen LogP contribution in [0.2, 0.25) is 10.0 Å². The highest BCUT2D eigenvalue weighted by Gasteiger charge is 2.26. The molecular weight excluding hydrogens is 383 g/mol. The Morgan fingerprint density at radius 1 is 1.04 bits per heavy atom. The van der Waals surface area contributed by atoms with E-state index in [4.69, 9.17) is 23.2 Å². The minimum Gasteiger partial charge on any atom is -0.493 e. The Morgan fingerprint density at radius 3 is 2.56 bits per heavy atom. The van der Waals surface area contributed by atoms with Gasteiger partial charge >= 0.3 is 4.87 Å². The number of carbonyl (C=O) groups is 1. The minimum atomic E-state index is -0.487. The van der Waals surface area contributed by atoms with Gasteiger partial charge in [-0.15, -0.1) is 0 Å². The maximum absolute atomic E-state index is 12.4. The fraction of sp³-hybridized carbons (Fsp3) is 0. The molecule has 8 heteroatoms. The Kier molecular flexibility index (Phi) is 3.76. The second-order valence-electron chi connectivity index (χ2n) is 5.26. The number of para-hydroxylation sites is 1. The van der Waals surface area contributed by atoms with Gasteiger partial charge < -0.3 is 5.11 Å². The third-order valence-electron chi connectivity index (χ3n) is 3.78. The van der Waals surface area contributed by atoms with Crippen molar-refractivity contribution in [1.29, 1.82) is 0 Å². The molecule has 2 aromatic carbocycles. The van der Waals surface area contributed by atoms with Crippen LogP contribution in [0.25, 0.3) is 11.3 Å². The number of halogens is 2. The molecule has 0 fully saturated rings. The maximum Gasteiger partial charge on any atom is 0.315 e. The number of rotatable bonds is 2. The highest BCUT2D eigenvalue weighted by Crippen LogP contribution is 2.32. The standard InChI is InChI=1S/C17H8Cl2N2O3S/c18-10-6-5-8(7-11(10)19)21-16(23)14(25-17(21)24)13-9-3-1-2-4-12(9)20-15(13)22/h1-7,23H. The number of benzene rings is 2. The highest BCUT2D eigenvalue weighted by atomic mass is 35.5. The third-order valence-corrected chi connectivity index (χ3v) is 5.47. The summed E-state index contributed by atoms with van der Waals surface area (Å²) >= 11 is 12.7. The van der Waals surface area contributed by atoms with Crippen molar-refractivity contribution in [2.45, 2.75) is 0 Å². The predicted molar refractivity (Wildman–Crippen MR) is 96.3 cm³/mol. The van der Waals surface area contributed by atoms with Crippen LogP contribution in [0.3, 0.4) is 0 Å². The van der Waals surface area contributed by atoms with E-state index in [9.17, 15) is 14.7 Å². The van der Waals surface area contributed by atoms with Crippen LogP contribution in [0.5, 0.6) is 5.88 Å². The molecule has 4 rings (SSSR count). The summed E-state index contributed by atoms with van der Waals surface area (Å²) in [6, 6.07) is 11.5. The zero-order valence-corrected chi connectivity index (χ0v) is 14.7. The Hall–Kier alpha value is -2.41. The number of fused-ring (bicyclic) bond motifs is 1. The fourth-order valence-corrected chi connectivity index (χ4v) is 3.90. The molecule has 5 nitrogen and oxygen atoms in total. The minimum absolute atomic E-state index is 0.176. The van der Waals surface area contributed by atoms with Gasteiger partial charge in [-0.3, -0.25) is 9.59 Å². The van der Waals surface area contributed by atoms with E-state index in [0.29, 0.717) is 21.3 Å². The van der Waals surface area contributed by atoms with Gasteiger partial charge in [0.2, 0.25) is 5.88 Å². The van der Waals surface area contributed by atoms with Crippen molar-refractivity contribution in [3.05, 3.63) is 77.6 Å². The second kappa shape index (κ2) is 5.84. The van der Waals surface area contributed by atoms with Crippen molar-refractivity contribution < 1.29 is 9.90 Å². The first kappa shape index (κ1) is 16.1. The summed E-state index contributed by atoms with van der Waals surface area (Å²) in [6.07, 6.45) is 0. The van der Waals surface area contributed by atoms with Gasteiger partial charge in [-0.1, -0.05) is 52.7 Å². The van der Waals surface area contributed by atoms with E-state index in [2.05, 4.69) is 4.99 Å². The summed E-state index contributed by atoms with van der Waals surface area (Å²) in [5.41, 5.74) is 0.574. The lowest BCUT2D eigenvalue weighted by Crippen LogP contribution is -2.22. The third kappa shape index (κ3) is 2.50. The SMILES string of the molecule is O=C1N=c2ccccc2=C1c1sc(=O)n(-c2ccc(Cl)c(Cl)c2)c1O. The van der Waals surface area contributed by atoms with Crippen molar-refractivity contribution in [1.82, 2.24) is 4.57 Å². The predicted octanol–water partition coefficient (Wildman–Crippen LogP) is 2.27. The van der Waals surface area contributed by atoms with E-state index in [1.54, 1.807) is 30.3 Å². The number of aromatic hydroxyl groups is 1. The zero-order valence-electron chi connectivity index (χ0n) is 12.4. The van der Waals surface area contributed by atoms with Crippen LogP contribution >= 0.6 is 34.5 Å². The molecule has 0 saturated heterocycles. The van der Waals surface area contributed by atoms with E-state index < -0.39 is 10.8 Å². The van der Waals surface area contributed by atoms with Gasteiger partial charge in [0.05, 0.1) is 26.7 Å². The summed E-state index contributed by atoms with van der Waals surface area (Å²) in [5, 5.41) is 12.3. The molecule has 0 saturated carbocycles. The summed E-state index contributed by atoms with van der Waals surface area (Å²) in [4.78, 5) is 28.4. The quantitative estimate of drug-likeness (QED) is 0.729. The summed E-state index contributed by atoms with van der Waals surface area (Å²) in [7, 11) is 0. The van der Waals surface area contributed by atoms with Crippen LogP contribution < -0.4 is 15.4 Å². The fourth-order valence-electron chi connectivity index (χ4n) is 2.66. The number of aromatic nitrogens is 1. The molecule has 1 aliphatic heterocycles. The molecule has 1 aliphatic rings. The van der Waals surface area contributed by atoms with Crippen molar-refractivity contribution in [2.75, 3.05) is 0 Å². The number of amides is 1. The van der Waals surface area contributed by atoms with Crippen molar-refractivity contribution >= 4 is 46.0 Å². The highest BCUT2D eigenvalue weighted by molar-refractivity contribution is 7.11. The molecule has 1 amide bonds. The Morgan fingerprint density at radius 2 is 1.80 bits per heavy atom. The lowest BCUT2D eigenvalue weighted by molar-refractivity contribution is -0.112. The number of thiazole rings is 1. The molecule has 0 atom stereocenters. The van der Waals surface area contributed by atoms with Crippen molar-refractivity contribution in [3.8, 4) is 11.6 Å². The van der Waals surface area contributed by atoms with Gasteiger partial charge in [0.25, 0.3) is 5.91 Å². The normalized spacial score (nSPS) is 13.0. The first-order chi connectivity index (χ1) is 12.0. The van der Waals surface area contributed by atoms with Gasteiger partial charge in [0.15, 0.2) is 0 Å². The van der Waals surface area contributed by atoms with E-state index >= 15 is 0 Å². The summed E-state index contributed by atoms with van der Waals surface area (Å²) < 4.78 is 1.09. The molecule has 1 N–H and O–H groups in total. The average molecular weight is 391 g/mol. The molecule has 0 spiro atoms. The van der Waals surface area contributed by atoms with E-state index in [-0.39, 0.29) is 21.4 Å². The van der Waals surface area contributed by atoms with E-state index in [1.807, 2.05) is 0 Å². The summed E-state index contributed by atoms with van der Waals surface area (Å²) in [5.74, 6) is -0.817. The summed E-state index contributed by atoms with van der Waals surface area (Å²) in [6.45, 7) is 0. The molecule has 124 valence electrons. The molecule has 0 unspecified atom stereocenters. The van der Waals surface area contributed by atoms with Crippen LogP contribution in [0.1, 0.15) is 4.88 Å². The van der Waals surface area contributed by atoms with Crippen molar-refractivity contribution in [2.24, 2.45) is 4.99 Å². The molecule has 0 radical (unpaired) electrons. The molecular formula is C17H8Cl2N2O3S. The van der Waals surface area contributed by atoms with Crippen LogP contribution in [-0.4, -0.2) is 15.6 Å². The van der Waals surface area contributed by atoms with E-state index in [1.165, 1.54) is 12.1 Å². The Labute approximate surface area is 154 Å². The lowest BCUT2D eigenvalue weighted by atomic mass is 10.1. The number of hydrogen-bond acceptors (Lipinski definition) is 4. The molecule has 25 heavy (non-hydrogen) atoms. The molecule has 0 bridgehead atoms. The topological polar surface area (TPSA) is 71.7 Å². The molecule has 2 heterocycles. The number of hydrogen-bond donors (Lipinski definition) is 1. The van der Waals surface area contributed by atoms with E-state index in [0.717, 1.165) is 15.9 Å². The first-order valence-corrected chi connectivity index (χ1v) is 8.67. The van der Waals surface area contributed by atoms with Crippen LogP contribution in [0, 0.1) is 0 Å². The van der Waals surface area contributed by atoms with Crippen LogP contribution in [0.4, 0.5) is 0 Å². The number of nitrogens with zero attached hydrogens (tertiary/aromatic N) is 2. The van der Waals surface area contributed by atoms with Crippen LogP contribution in [-0.2, 0) is 4.79 Å². The first-order valence-electron chi connectivity index (χ1n) is 7.10.